The number of carboxylic acids is 1. The number of aromatic nitrogens is 1. The quantitative estimate of drug-likeness (QED) is 0.700. The Morgan fingerprint density at radius 2 is 2.50 bits per heavy atom. The van der Waals surface area contributed by atoms with Crippen LogP contribution in [0.2, 0.25) is 0 Å². The van der Waals surface area contributed by atoms with Gasteiger partial charge in [0.05, 0.1) is 11.4 Å². The molecule has 0 atom stereocenters. The molecule has 0 radical (unpaired) electrons. The van der Waals surface area contributed by atoms with Crippen LogP contribution in [0.15, 0.2) is 6.20 Å². The highest BCUT2D eigenvalue weighted by Gasteiger charge is 2.00. The summed E-state index contributed by atoms with van der Waals surface area (Å²) in [6.07, 6.45) is 2.97. The average molecular weight is 214 g/mol. The molecule has 0 unspecified atom stereocenters. The minimum atomic E-state index is -0.768. The van der Waals surface area contributed by atoms with E-state index >= 15 is 0 Å². The number of hydrogen-bond acceptors (Lipinski definition) is 4. The fourth-order valence-corrected chi connectivity index (χ4v) is 1.83. The number of aryl methyl sites for hydroxylation is 1. The number of thiazole rings is 1. The zero-order chi connectivity index (χ0) is 10.4. The molecule has 0 aromatic carbocycles. The summed E-state index contributed by atoms with van der Waals surface area (Å²) in [6, 6.07) is 0. The molecule has 78 valence electrons. The Morgan fingerprint density at radius 3 is 3.07 bits per heavy atom. The van der Waals surface area contributed by atoms with Gasteiger partial charge in [-0.1, -0.05) is 6.92 Å². The van der Waals surface area contributed by atoms with Gasteiger partial charge in [0.2, 0.25) is 0 Å². The van der Waals surface area contributed by atoms with Crippen LogP contribution in [0.25, 0.3) is 0 Å². The molecular weight excluding hydrogens is 200 g/mol. The molecular formula is C9H14N2O2S. The topological polar surface area (TPSA) is 62.2 Å². The summed E-state index contributed by atoms with van der Waals surface area (Å²) < 4.78 is 0. The normalized spacial score (nSPS) is 10.4. The molecule has 0 saturated heterocycles. The van der Waals surface area contributed by atoms with Gasteiger partial charge in [-0.15, -0.1) is 11.3 Å². The SMILES string of the molecule is CCc1ncc(CNCCC(=O)O)s1. The van der Waals surface area contributed by atoms with Crippen molar-refractivity contribution in [3.8, 4) is 0 Å². The zero-order valence-corrected chi connectivity index (χ0v) is 8.93. The number of hydrogen-bond donors (Lipinski definition) is 2. The van der Waals surface area contributed by atoms with E-state index in [1.807, 2.05) is 6.20 Å². The molecule has 0 amide bonds. The van der Waals surface area contributed by atoms with Gasteiger partial charge in [-0.05, 0) is 6.42 Å². The number of aliphatic carboxylic acids is 1. The Labute approximate surface area is 87.0 Å². The summed E-state index contributed by atoms with van der Waals surface area (Å²) in [7, 11) is 0. The van der Waals surface area contributed by atoms with E-state index in [1.165, 1.54) is 0 Å². The van der Waals surface area contributed by atoms with E-state index in [0.29, 0.717) is 13.1 Å². The molecule has 1 heterocycles. The fourth-order valence-electron chi connectivity index (χ4n) is 1.00. The van der Waals surface area contributed by atoms with Crippen LogP contribution in [0.4, 0.5) is 0 Å². The summed E-state index contributed by atoms with van der Waals surface area (Å²) in [5, 5.41) is 12.6. The first-order valence-electron chi connectivity index (χ1n) is 4.58. The molecule has 0 saturated carbocycles. The molecule has 2 N–H and O–H groups in total. The summed E-state index contributed by atoms with van der Waals surface area (Å²) in [4.78, 5) is 15.6. The van der Waals surface area contributed by atoms with E-state index in [2.05, 4.69) is 17.2 Å². The molecule has 1 aromatic rings. The second-order valence-corrected chi connectivity index (χ2v) is 4.09. The number of nitrogens with zero attached hydrogens (tertiary/aromatic N) is 1. The van der Waals surface area contributed by atoms with Crippen molar-refractivity contribution in [3.05, 3.63) is 16.1 Å². The van der Waals surface area contributed by atoms with Crippen molar-refractivity contribution in [1.82, 2.24) is 10.3 Å². The monoisotopic (exact) mass is 214 g/mol. The van der Waals surface area contributed by atoms with Gasteiger partial charge in [-0.3, -0.25) is 4.79 Å². The lowest BCUT2D eigenvalue weighted by Gasteiger charge is -1.98. The maximum atomic E-state index is 10.2. The predicted molar refractivity (Wildman–Crippen MR) is 55.5 cm³/mol. The lowest BCUT2D eigenvalue weighted by atomic mass is 10.4. The van der Waals surface area contributed by atoms with Crippen molar-refractivity contribution < 1.29 is 9.90 Å². The van der Waals surface area contributed by atoms with E-state index in [1.54, 1.807) is 11.3 Å². The molecule has 0 spiro atoms. The Bertz CT molecular complexity index is 299. The van der Waals surface area contributed by atoms with Crippen LogP contribution >= 0.6 is 11.3 Å². The fraction of sp³-hybridized carbons (Fsp3) is 0.556. The van der Waals surface area contributed by atoms with E-state index in [0.717, 1.165) is 16.3 Å². The molecule has 0 fully saturated rings. The molecule has 1 aromatic heterocycles. The summed E-state index contributed by atoms with van der Waals surface area (Å²) >= 11 is 1.67. The highest BCUT2D eigenvalue weighted by Crippen LogP contribution is 2.12. The summed E-state index contributed by atoms with van der Waals surface area (Å²) in [5.74, 6) is -0.768. The standard InChI is InChI=1S/C9H14N2O2S/c1-2-8-11-6-7(14-8)5-10-4-3-9(12)13/h6,10H,2-5H2,1H3,(H,12,13). The molecule has 4 nitrogen and oxygen atoms in total. The lowest BCUT2D eigenvalue weighted by Crippen LogP contribution is -2.16. The van der Waals surface area contributed by atoms with Crippen LogP contribution in [0, 0.1) is 0 Å². The van der Waals surface area contributed by atoms with Gasteiger partial charge in [-0.25, -0.2) is 4.98 Å². The Morgan fingerprint density at radius 1 is 1.71 bits per heavy atom. The first-order valence-corrected chi connectivity index (χ1v) is 5.40. The van der Waals surface area contributed by atoms with E-state index in [-0.39, 0.29) is 6.42 Å². The Hall–Kier alpha value is -0.940. The van der Waals surface area contributed by atoms with Crippen LogP contribution in [-0.2, 0) is 17.8 Å². The molecule has 0 bridgehead atoms. The largest absolute Gasteiger partial charge is 0.481 e. The maximum absolute atomic E-state index is 10.2. The Kier molecular flexibility index (Phi) is 4.55. The van der Waals surface area contributed by atoms with Crippen molar-refractivity contribution in [3.63, 3.8) is 0 Å². The molecule has 5 heteroatoms. The van der Waals surface area contributed by atoms with Gasteiger partial charge in [0.15, 0.2) is 0 Å². The molecule has 14 heavy (non-hydrogen) atoms. The van der Waals surface area contributed by atoms with Crippen molar-refractivity contribution >= 4 is 17.3 Å². The smallest absolute Gasteiger partial charge is 0.304 e. The van der Waals surface area contributed by atoms with Gasteiger partial charge in [-0.2, -0.15) is 0 Å². The third-order valence-electron chi connectivity index (χ3n) is 1.72. The predicted octanol–water partition coefficient (Wildman–Crippen LogP) is 1.27. The van der Waals surface area contributed by atoms with Crippen LogP contribution in [0.1, 0.15) is 23.2 Å². The van der Waals surface area contributed by atoms with Crippen LogP contribution in [-0.4, -0.2) is 22.6 Å². The van der Waals surface area contributed by atoms with Gasteiger partial charge in [0.1, 0.15) is 0 Å². The Balaban J connectivity index is 2.21. The van der Waals surface area contributed by atoms with E-state index < -0.39 is 5.97 Å². The third kappa shape index (κ3) is 3.85. The number of nitrogens with one attached hydrogen (secondary N) is 1. The van der Waals surface area contributed by atoms with E-state index in [9.17, 15) is 4.79 Å². The van der Waals surface area contributed by atoms with Gasteiger partial charge in [0, 0.05) is 24.2 Å². The van der Waals surface area contributed by atoms with Crippen molar-refractivity contribution in [2.45, 2.75) is 26.3 Å². The van der Waals surface area contributed by atoms with Crippen molar-refractivity contribution in [2.75, 3.05) is 6.54 Å². The minimum Gasteiger partial charge on any atom is -0.481 e. The van der Waals surface area contributed by atoms with Gasteiger partial charge >= 0.3 is 5.97 Å². The number of carboxylic acid groups (broad SMARTS) is 1. The molecule has 0 aliphatic carbocycles. The van der Waals surface area contributed by atoms with Gasteiger partial charge < -0.3 is 10.4 Å². The number of rotatable bonds is 6. The zero-order valence-electron chi connectivity index (χ0n) is 8.12. The molecule has 0 aliphatic heterocycles. The molecule has 0 aliphatic rings. The lowest BCUT2D eigenvalue weighted by molar-refractivity contribution is -0.136. The minimum absolute atomic E-state index is 0.166. The highest BCUT2D eigenvalue weighted by molar-refractivity contribution is 7.11. The van der Waals surface area contributed by atoms with Gasteiger partial charge in [0.25, 0.3) is 0 Å². The summed E-state index contributed by atoms with van der Waals surface area (Å²) in [6.45, 7) is 3.29. The summed E-state index contributed by atoms with van der Waals surface area (Å²) in [5.41, 5.74) is 0. The second-order valence-electron chi connectivity index (χ2n) is 2.89. The highest BCUT2D eigenvalue weighted by atomic mass is 32.1. The number of carbonyl (C=O) groups is 1. The van der Waals surface area contributed by atoms with E-state index in [4.69, 9.17) is 5.11 Å². The molecule has 1 rings (SSSR count). The van der Waals surface area contributed by atoms with Crippen LogP contribution in [0.3, 0.4) is 0 Å². The second kappa shape index (κ2) is 5.72. The maximum Gasteiger partial charge on any atom is 0.304 e. The van der Waals surface area contributed by atoms with Crippen molar-refractivity contribution in [1.29, 1.82) is 0 Å². The first-order chi connectivity index (χ1) is 6.72. The van der Waals surface area contributed by atoms with Crippen LogP contribution < -0.4 is 5.32 Å². The average Bonchev–Trinajstić information content (AvgIpc) is 2.60. The third-order valence-corrected chi connectivity index (χ3v) is 2.86. The first kappa shape index (κ1) is 11.1. The van der Waals surface area contributed by atoms with Crippen LogP contribution in [0.5, 0.6) is 0 Å². The van der Waals surface area contributed by atoms with Crippen molar-refractivity contribution in [2.24, 2.45) is 0 Å².